The smallest absolute Gasteiger partial charge is 0.330 e. The Labute approximate surface area is 96.6 Å². The van der Waals surface area contributed by atoms with E-state index in [1.807, 2.05) is 0 Å². The maximum absolute atomic E-state index is 12.0. The van der Waals surface area contributed by atoms with Crippen LogP contribution in [0.1, 0.15) is 27.7 Å². The molecule has 0 saturated carbocycles. The lowest BCUT2D eigenvalue weighted by Crippen LogP contribution is -2.38. The van der Waals surface area contributed by atoms with E-state index in [4.69, 9.17) is 10.2 Å². The van der Waals surface area contributed by atoms with Gasteiger partial charge in [-0.2, -0.15) is 0 Å². The maximum Gasteiger partial charge on any atom is 0.330 e. The zero-order valence-corrected chi connectivity index (χ0v) is 10.4. The summed E-state index contributed by atoms with van der Waals surface area (Å²) in [6.07, 6.45) is 0. The molecule has 0 aliphatic carbocycles. The van der Waals surface area contributed by atoms with Crippen molar-refractivity contribution in [2.75, 3.05) is 0 Å². The van der Waals surface area contributed by atoms with Gasteiger partial charge in [-0.1, -0.05) is 4.31 Å². The van der Waals surface area contributed by atoms with Crippen molar-refractivity contribution in [1.82, 2.24) is 4.31 Å². The van der Waals surface area contributed by atoms with Crippen LogP contribution in [0.2, 0.25) is 0 Å². The van der Waals surface area contributed by atoms with Gasteiger partial charge in [-0.3, -0.25) is 4.79 Å². The highest BCUT2D eigenvalue weighted by atomic mass is 32.2. The first-order valence-electron chi connectivity index (χ1n) is 4.72. The van der Waals surface area contributed by atoms with E-state index < -0.39 is 39.6 Å². The van der Waals surface area contributed by atoms with E-state index in [0.717, 1.165) is 4.31 Å². The third kappa shape index (κ3) is 1.79. The lowest BCUT2D eigenvalue weighted by molar-refractivity contribution is -0.143. The van der Waals surface area contributed by atoms with Crippen molar-refractivity contribution in [1.29, 1.82) is 0 Å². The van der Waals surface area contributed by atoms with E-state index in [1.54, 1.807) is 20.8 Å². The van der Waals surface area contributed by atoms with Crippen molar-refractivity contribution in [2.24, 2.45) is 0 Å². The third-order valence-electron chi connectivity index (χ3n) is 2.53. The summed E-state index contributed by atoms with van der Waals surface area (Å²) < 4.78 is 12.3. The number of aliphatic carboxylic acids is 2. The number of carboxylic acids is 2. The second-order valence-electron chi connectivity index (χ2n) is 4.88. The van der Waals surface area contributed by atoms with Crippen molar-refractivity contribution in [3.63, 3.8) is 0 Å². The number of hydrogen-bond acceptors (Lipinski definition) is 4. The van der Waals surface area contributed by atoms with E-state index >= 15 is 0 Å². The summed E-state index contributed by atoms with van der Waals surface area (Å²) in [5, 5.41) is 17.9. The Hall–Kier alpha value is -0.790. The van der Waals surface area contributed by atoms with Crippen molar-refractivity contribution in [3.8, 4) is 0 Å². The number of rotatable bonds is 3. The van der Waals surface area contributed by atoms with Crippen LogP contribution in [-0.4, -0.2) is 47.3 Å². The zero-order chi connectivity index (χ0) is 12.9. The molecule has 0 aromatic carbocycles. The molecule has 1 saturated heterocycles. The SMILES string of the molecule is CC(C)(C)[S@+]([O-])N1[C@@H](C(=O)O)[C@@]1(C)C(=O)O. The molecule has 7 heteroatoms. The second kappa shape index (κ2) is 3.61. The van der Waals surface area contributed by atoms with Crippen LogP contribution in [0.15, 0.2) is 0 Å². The molecule has 1 fully saturated rings. The van der Waals surface area contributed by atoms with Crippen LogP contribution in [0.5, 0.6) is 0 Å². The first-order chi connectivity index (χ1) is 7.04. The van der Waals surface area contributed by atoms with Gasteiger partial charge in [-0.15, -0.1) is 0 Å². The van der Waals surface area contributed by atoms with E-state index in [1.165, 1.54) is 6.92 Å². The monoisotopic (exact) mass is 249 g/mol. The maximum atomic E-state index is 12.0. The number of hydrogen-bond donors (Lipinski definition) is 2. The molecule has 1 rings (SSSR count). The summed E-state index contributed by atoms with van der Waals surface area (Å²) in [6.45, 7) is 6.28. The van der Waals surface area contributed by atoms with E-state index in [2.05, 4.69) is 0 Å². The van der Waals surface area contributed by atoms with Gasteiger partial charge in [0.25, 0.3) is 0 Å². The minimum Gasteiger partial charge on any atom is -0.597 e. The molecular formula is C9H15NO5S. The van der Waals surface area contributed by atoms with Crippen LogP contribution in [0.3, 0.4) is 0 Å². The highest BCUT2D eigenvalue weighted by molar-refractivity contribution is 7.90. The van der Waals surface area contributed by atoms with Gasteiger partial charge in [0.1, 0.15) is 4.75 Å². The molecule has 1 unspecified atom stereocenters. The highest BCUT2D eigenvalue weighted by Gasteiger charge is 2.77. The topological polar surface area (TPSA) is 101 Å². The van der Waals surface area contributed by atoms with Crippen LogP contribution in [0.4, 0.5) is 0 Å². The van der Waals surface area contributed by atoms with E-state index in [9.17, 15) is 14.1 Å². The van der Waals surface area contributed by atoms with Gasteiger partial charge in [-0.25, -0.2) is 4.79 Å². The van der Waals surface area contributed by atoms with Crippen LogP contribution >= 0.6 is 0 Å². The number of carboxylic acid groups (broad SMARTS) is 2. The van der Waals surface area contributed by atoms with Gasteiger partial charge in [0.05, 0.1) is 0 Å². The van der Waals surface area contributed by atoms with Gasteiger partial charge in [0.2, 0.25) is 0 Å². The second-order valence-corrected chi connectivity index (χ2v) is 7.00. The largest absolute Gasteiger partial charge is 0.597 e. The normalized spacial score (nSPS) is 35.6. The van der Waals surface area contributed by atoms with Crippen LogP contribution in [0.25, 0.3) is 0 Å². The van der Waals surface area contributed by atoms with Crippen molar-refractivity contribution >= 4 is 23.3 Å². The van der Waals surface area contributed by atoms with Crippen LogP contribution in [-0.2, 0) is 21.0 Å². The molecule has 16 heavy (non-hydrogen) atoms. The molecule has 0 aromatic heterocycles. The predicted molar refractivity (Wildman–Crippen MR) is 57.2 cm³/mol. The van der Waals surface area contributed by atoms with Crippen molar-refractivity contribution in [3.05, 3.63) is 0 Å². The highest BCUT2D eigenvalue weighted by Crippen LogP contribution is 2.47. The summed E-state index contributed by atoms with van der Waals surface area (Å²) in [5.41, 5.74) is -1.57. The summed E-state index contributed by atoms with van der Waals surface area (Å²) in [5.74, 6) is -2.53. The van der Waals surface area contributed by atoms with Gasteiger partial charge in [0, 0.05) is 11.4 Å². The standard InChI is InChI=1S/C9H15NO5S/c1-8(2,3)16(15)10-5(6(11)12)9(10,4)7(13)14/h5H,1-4H3,(H,11,12)(H,13,14)/t5-,9-,10?,16-/m0/s1. The molecule has 1 heterocycles. The minimum atomic E-state index is -1.65. The Bertz CT molecular complexity index is 339. The van der Waals surface area contributed by atoms with Crippen molar-refractivity contribution < 1.29 is 24.4 Å². The van der Waals surface area contributed by atoms with Gasteiger partial charge >= 0.3 is 11.9 Å². The average molecular weight is 249 g/mol. The summed E-state index contributed by atoms with van der Waals surface area (Å²) in [4.78, 5) is 21.9. The molecule has 0 spiro atoms. The summed E-state index contributed by atoms with van der Waals surface area (Å²) in [7, 11) is 0. The Kier molecular flexibility index (Phi) is 3.00. The van der Waals surface area contributed by atoms with Crippen molar-refractivity contribution in [2.45, 2.75) is 44.0 Å². The Morgan fingerprint density at radius 3 is 2.00 bits per heavy atom. The lowest BCUT2D eigenvalue weighted by atomic mass is 10.1. The molecule has 4 atom stereocenters. The van der Waals surface area contributed by atoms with Crippen LogP contribution in [0, 0.1) is 0 Å². The Morgan fingerprint density at radius 2 is 1.81 bits per heavy atom. The van der Waals surface area contributed by atoms with E-state index in [-0.39, 0.29) is 0 Å². The van der Waals surface area contributed by atoms with Crippen LogP contribution < -0.4 is 0 Å². The molecule has 2 N–H and O–H groups in total. The zero-order valence-electron chi connectivity index (χ0n) is 9.55. The molecule has 1 aliphatic rings. The predicted octanol–water partition coefficient (Wildman–Crippen LogP) is 0.0607. The first-order valence-corrected chi connectivity index (χ1v) is 5.82. The lowest BCUT2D eigenvalue weighted by Gasteiger charge is -2.25. The fourth-order valence-corrected chi connectivity index (χ4v) is 3.03. The molecule has 92 valence electrons. The van der Waals surface area contributed by atoms with Gasteiger partial charge in [0.15, 0.2) is 11.6 Å². The average Bonchev–Trinajstić information content (AvgIpc) is 2.70. The first kappa shape index (κ1) is 13.3. The fraction of sp³-hybridized carbons (Fsp3) is 0.778. The Balaban J connectivity index is 2.99. The molecule has 0 amide bonds. The Morgan fingerprint density at radius 1 is 1.38 bits per heavy atom. The molecule has 0 radical (unpaired) electrons. The minimum absolute atomic E-state index is 0.680. The van der Waals surface area contributed by atoms with E-state index in [0.29, 0.717) is 0 Å². The number of carbonyl (C=O) groups is 2. The fourth-order valence-electron chi connectivity index (χ4n) is 1.47. The third-order valence-corrected chi connectivity index (χ3v) is 4.52. The summed E-state index contributed by atoms with van der Waals surface area (Å²) >= 11 is -1.65. The molecule has 1 aliphatic heterocycles. The molecular weight excluding hydrogens is 234 g/mol. The molecule has 0 bridgehead atoms. The molecule has 0 aromatic rings. The quantitative estimate of drug-likeness (QED) is 0.542. The molecule has 6 nitrogen and oxygen atoms in total. The van der Waals surface area contributed by atoms with Gasteiger partial charge in [-0.05, 0) is 27.7 Å². The van der Waals surface area contributed by atoms with Gasteiger partial charge < -0.3 is 14.8 Å². The number of nitrogens with zero attached hydrogens (tertiary/aromatic N) is 1. The summed E-state index contributed by atoms with van der Waals surface area (Å²) in [6, 6.07) is -1.22.